The molecular formula is C14H18N2O3S. The summed E-state index contributed by atoms with van der Waals surface area (Å²) >= 11 is 0. The van der Waals surface area contributed by atoms with Gasteiger partial charge in [0.2, 0.25) is 10.0 Å². The Balaban J connectivity index is 2.21. The molecule has 1 aromatic carbocycles. The highest BCUT2D eigenvalue weighted by Crippen LogP contribution is 2.31. The van der Waals surface area contributed by atoms with Gasteiger partial charge in [-0.3, -0.25) is 0 Å². The van der Waals surface area contributed by atoms with E-state index in [-0.39, 0.29) is 17.4 Å². The van der Waals surface area contributed by atoms with Gasteiger partial charge in [0, 0.05) is 19.7 Å². The van der Waals surface area contributed by atoms with Crippen LogP contribution in [-0.2, 0) is 21.2 Å². The number of ether oxygens (including phenoxy) is 1. The Labute approximate surface area is 119 Å². The predicted molar refractivity (Wildman–Crippen MR) is 74.5 cm³/mol. The minimum absolute atomic E-state index is 0.105. The fourth-order valence-electron chi connectivity index (χ4n) is 2.05. The van der Waals surface area contributed by atoms with Crippen molar-refractivity contribution in [2.24, 2.45) is 0 Å². The number of nitrogens with zero attached hydrogens (tertiary/aromatic N) is 2. The maximum Gasteiger partial charge on any atom is 0.243 e. The summed E-state index contributed by atoms with van der Waals surface area (Å²) in [7, 11) is -1.91. The van der Waals surface area contributed by atoms with E-state index in [1.807, 2.05) is 6.07 Å². The zero-order chi connectivity index (χ0) is 14.6. The molecule has 0 unspecified atom stereocenters. The minimum atomic E-state index is -3.47. The second-order valence-corrected chi connectivity index (χ2v) is 6.71. The van der Waals surface area contributed by atoms with Crippen molar-refractivity contribution in [3.63, 3.8) is 0 Å². The third kappa shape index (κ3) is 3.37. The van der Waals surface area contributed by atoms with E-state index in [0.717, 1.165) is 18.4 Å². The van der Waals surface area contributed by atoms with Crippen molar-refractivity contribution in [1.29, 1.82) is 5.26 Å². The van der Waals surface area contributed by atoms with Crippen LogP contribution in [0.4, 0.5) is 0 Å². The third-order valence-electron chi connectivity index (χ3n) is 3.28. The summed E-state index contributed by atoms with van der Waals surface area (Å²) in [5.41, 5.74) is 0.821. The molecule has 1 aromatic rings. The van der Waals surface area contributed by atoms with Crippen molar-refractivity contribution in [2.45, 2.75) is 30.2 Å². The molecule has 5 nitrogen and oxygen atoms in total. The molecule has 20 heavy (non-hydrogen) atoms. The van der Waals surface area contributed by atoms with Gasteiger partial charge >= 0.3 is 0 Å². The first kappa shape index (κ1) is 15.0. The Hall–Kier alpha value is -1.42. The molecule has 6 heteroatoms. The van der Waals surface area contributed by atoms with Gasteiger partial charge in [-0.15, -0.1) is 0 Å². The van der Waals surface area contributed by atoms with Crippen molar-refractivity contribution in [1.82, 2.24) is 4.31 Å². The summed E-state index contributed by atoms with van der Waals surface area (Å²) in [6, 6.07) is 8.68. The maximum absolute atomic E-state index is 12.6. The third-order valence-corrected chi connectivity index (χ3v) is 5.25. The summed E-state index contributed by atoms with van der Waals surface area (Å²) in [6.07, 6.45) is 2.11. The molecule has 1 saturated carbocycles. The van der Waals surface area contributed by atoms with E-state index in [1.54, 1.807) is 31.4 Å². The van der Waals surface area contributed by atoms with Crippen molar-refractivity contribution in [3.8, 4) is 6.07 Å². The molecular weight excluding hydrogens is 276 g/mol. The fraction of sp³-hybridized carbons (Fsp3) is 0.500. The van der Waals surface area contributed by atoms with Crippen LogP contribution >= 0.6 is 0 Å². The van der Waals surface area contributed by atoms with E-state index < -0.39 is 10.0 Å². The van der Waals surface area contributed by atoms with Gasteiger partial charge in [-0.1, -0.05) is 12.1 Å². The van der Waals surface area contributed by atoms with Crippen LogP contribution in [0.5, 0.6) is 0 Å². The van der Waals surface area contributed by atoms with Crippen LogP contribution in [0.25, 0.3) is 0 Å². The topological polar surface area (TPSA) is 70.4 Å². The molecule has 0 aliphatic heterocycles. The summed E-state index contributed by atoms with van der Waals surface area (Å²) in [4.78, 5) is 0.280. The van der Waals surface area contributed by atoms with Gasteiger partial charge < -0.3 is 4.74 Å². The Morgan fingerprint density at radius 3 is 2.50 bits per heavy atom. The Bertz CT molecular complexity index is 586. The average Bonchev–Trinajstić information content (AvgIpc) is 3.24. The number of hydrogen-bond acceptors (Lipinski definition) is 4. The molecule has 0 atom stereocenters. The van der Waals surface area contributed by atoms with Crippen LogP contribution < -0.4 is 0 Å². The molecule has 0 spiro atoms. The number of benzene rings is 1. The molecule has 0 N–H and O–H groups in total. The van der Waals surface area contributed by atoms with Crippen LogP contribution in [-0.4, -0.2) is 39.0 Å². The second kappa shape index (κ2) is 6.35. The van der Waals surface area contributed by atoms with E-state index in [4.69, 9.17) is 10.00 Å². The highest BCUT2D eigenvalue weighted by molar-refractivity contribution is 7.89. The number of sulfonamides is 1. The summed E-state index contributed by atoms with van der Waals surface area (Å²) in [5, 5.41) is 8.62. The lowest BCUT2D eigenvalue weighted by Gasteiger charge is -2.21. The molecule has 1 aliphatic carbocycles. The SMILES string of the molecule is COCCN(C1CC1)S(=O)(=O)c1ccc(CC#N)cc1. The van der Waals surface area contributed by atoms with Crippen LogP contribution in [0.1, 0.15) is 18.4 Å². The Morgan fingerprint density at radius 1 is 1.35 bits per heavy atom. The average molecular weight is 294 g/mol. The zero-order valence-electron chi connectivity index (χ0n) is 11.4. The van der Waals surface area contributed by atoms with Gasteiger partial charge in [0.1, 0.15) is 0 Å². The molecule has 0 aromatic heterocycles. The van der Waals surface area contributed by atoms with E-state index in [2.05, 4.69) is 0 Å². The zero-order valence-corrected chi connectivity index (χ0v) is 12.3. The van der Waals surface area contributed by atoms with E-state index >= 15 is 0 Å². The molecule has 1 fully saturated rings. The van der Waals surface area contributed by atoms with Crippen molar-refractivity contribution in [2.75, 3.05) is 20.3 Å². The maximum atomic E-state index is 12.6. The van der Waals surface area contributed by atoms with Crippen LogP contribution in [0.3, 0.4) is 0 Å². The number of nitriles is 1. The Morgan fingerprint density at radius 2 is 2.00 bits per heavy atom. The van der Waals surface area contributed by atoms with Gasteiger partial charge in [-0.25, -0.2) is 8.42 Å². The van der Waals surface area contributed by atoms with E-state index in [9.17, 15) is 8.42 Å². The minimum Gasteiger partial charge on any atom is -0.383 e. The summed E-state index contributed by atoms with van der Waals surface area (Å²) in [5.74, 6) is 0. The second-order valence-electron chi connectivity index (χ2n) is 4.82. The molecule has 0 amide bonds. The van der Waals surface area contributed by atoms with Gasteiger partial charge in [0.05, 0.1) is 24.0 Å². The van der Waals surface area contributed by atoms with Gasteiger partial charge in [-0.2, -0.15) is 9.57 Å². The van der Waals surface area contributed by atoms with Gasteiger partial charge in [0.15, 0.2) is 0 Å². The molecule has 108 valence electrons. The highest BCUT2D eigenvalue weighted by atomic mass is 32.2. The van der Waals surface area contributed by atoms with Crippen molar-refractivity contribution < 1.29 is 13.2 Å². The molecule has 0 heterocycles. The summed E-state index contributed by atoms with van der Waals surface area (Å²) in [6.45, 7) is 0.770. The Kier molecular flexibility index (Phi) is 4.76. The molecule has 0 saturated heterocycles. The first-order chi connectivity index (χ1) is 9.59. The summed E-state index contributed by atoms with van der Waals surface area (Å²) < 4.78 is 31.7. The lowest BCUT2D eigenvalue weighted by Crippen LogP contribution is -2.35. The number of rotatable bonds is 7. The van der Waals surface area contributed by atoms with E-state index in [0.29, 0.717) is 13.2 Å². The van der Waals surface area contributed by atoms with Crippen LogP contribution in [0, 0.1) is 11.3 Å². The number of hydrogen-bond donors (Lipinski definition) is 0. The van der Waals surface area contributed by atoms with Crippen LogP contribution in [0.2, 0.25) is 0 Å². The highest BCUT2D eigenvalue weighted by Gasteiger charge is 2.37. The predicted octanol–water partition coefficient (Wildman–Crippen LogP) is 1.55. The van der Waals surface area contributed by atoms with E-state index in [1.165, 1.54) is 4.31 Å². The lowest BCUT2D eigenvalue weighted by atomic mass is 10.2. The monoisotopic (exact) mass is 294 g/mol. The smallest absolute Gasteiger partial charge is 0.243 e. The van der Waals surface area contributed by atoms with Gasteiger partial charge in [-0.05, 0) is 30.5 Å². The first-order valence-electron chi connectivity index (χ1n) is 6.56. The lowest BCUT2D eigenvalue weighted by molar-refractivity contribution is 0.177. The van der Waals surface area contributed by atoms with Crippen molar-refractivity contribution >= 4 is 10.0 Å². The normalized spacial score (nSPS) is 15.2. The standard InChI is InChI=1S/C14H18N2O3S/c1-19-11-10-16(13-4-5-13)20(17,18)14-6-2-12(3-7-14)8-9-15/h2-3,6-7,13H,4-5,8,10-11H2,1H3. The first-order valence-corrected chi connectivity index (χ1v) is 8.00. The quantitative estimate of drug-likeness (QED) is 0.765. The molecule has 0 radical (unpaired) electrons. The fourth-order valence-corrected chi connectivity index (χ4v) is 3.72. The molecule has 2 rings (SSSR count). The van der Waals surface area contributed by atoms with Gasteiger partial charge in [0.25, 0.3) is 0 Å². The largest absolute Gasteiger partial charge is 0.383 e. The number of methoxy groups -OCH3 is 1. The molecule has 1 aliphatic rings. The van der Waals surface area contributed by atoms with Crippen LogP contribution in [0.15, 0.2) is 29.2 Å². The van der Waals surface area contributed by atoms with Crippen molar-refractivity contribution in [3.05, 3.63) is 29.8 Å². The molecule has 0 bridgehead atoms.